The largest absolute Gasteiger partial charge is 0.364 e. The summed E-state index contributed by atoms with van der Waals surface area (Å²) >= 11 is 0. The van der Waals surface area contributed by atoms with E-state index in [0.717, 1.165) is 87.5 Å². The van der Waals surface area contributed by atoms with Gasteiger partial charge in [-0.05, 0) is 86.2 Å². The SMILES string of the molecule is CN1CCN([C@@H]2CCCN(c3cnc(C(N)=O)c(Nc4ccc(C5(C)CCN(C(=O)CN6CCN(CCCc7cccc8c7C(=O)N(C7CCC(=O)NC7=O)C8=O)CC6)CC5)cc4)n3)C2)C1=O.[HH]. The van der Waals surface area contributed by atoms with E-state index in [1.54, 1.807) is 23.2 Å². The number of anilines is 3. The molecular formula is C48H62N12O7. The van der Waals surface area contributed by atoms with Gasteiger partial charge in [-0.15, -0.1) is 0 Å². The maximum absolute atomic E-state index is 13.5. The quantitative estimate of drug-likeness (QED) is 0.210. The highest BCUT2D eigenvalue weighted by Crippen LogP contribution is 2.37. The van der Waals surface area contributed by atoms with Crippen LogP contribution in [0, 0.1) is 0 Å². The minimum absolute atomic E-state index is 0. The maximum Gasteiger partial charge on any atom is 0.320 e. The zero-order valence-electron chi connectivity index (χ0n) is 38.4. The van der Waals surface area contributed by atoms with Crippen molar-refractivity contribution in [2.75, 3.05) is 95.8 Å². The molecule has 4 N–H and O–H groups in total. The molecule has 5 fully saturated rings. The molecule has 6 aliphatic heterocycles. The van der Waals surface area contributed by atoms with Crippen molar-refractivity contribution in [3.05, 3.63) is 76.6 Å². The highest BCUT2D eigenvalue weighted by molar-refractivity contribution is 6.24. The molecule has 5 saturated heterocycles. The molecule has 0 radical (unpaired) electrons. The predicted molar refractivity (Wildman–Crippen MR) is 250 cm³/mol. The van der Waals surface area contributed by atoms with Crippen LogP contribution in [0.1, 0.15) is 95.6 Å². The van der Waals surface area contributed by atoms with Crippen LogP contribution in [0.15, 0.2) is 48.7 Å². The molecule has 0 bridgehead atoms. The summed E-state index contributed by atoms with van der Waals surface area (Å²) in [5, 5.41) is 5.53. The Labute approximate surface area is 391 Å². The number of nitrogens with zero attached hydrogens (tertiary/aromatic N) is 9. The van der Waals surface area contributed by atoms with Crippen LogP contribution in [0.2, 0.25) is 0 Å². The average molecular weight is 919 g/mol. The monoisotopic (exact) mass is 918 g/mol. The van der Waals surface area contributed by atoms with Gasteiger partial charge in [0, 0.05) is 86.0 Å². The van der Waals surface area contributed by atoms with Gasteiger partial charge in [0.1, 0.15) is 11.9 Å². The lowest BCUT2D eigenvalue weighted by atomic mass is 9.74. The number of hydrogen-bond donors (Lipinski definition) is 3. The van der Waals surface area contributed by atoms with Crippen molar-refractivity contribution in [1.82, 2.24) is 44.7 Å². The highest BCUT2D eigenvalue weighted by atomic mass is 16.2. The van der Waals surface area contributed by atoms with E-state index >= 15 is 0 Å². The number of fused-ring (bicyclic) bond motifs is 1. The predicted octanol–water partition coefficient (Wildman–Crippen LogP) is 2.43. The van der Waals surface area contributed by atoms with Gasteiger partial charge in [-0.3, -0.25) is 43.9 Å². The number of rotatable bonds is 13. The Morgan fingerprint density at radius 2 is 1.64 bits per heavy atom. The van der Waals surface area contributed by atoms with Gasteiger partial charge < -0.3 is 35.6 Å². The minimum atomic E-state index is -0.989. The summed E-state index contributed by atoms with van der Waals surface area (Å²) in [4.78, 5) is 112. The molecule has 6 aliphatic rings. The van der Waals surface area contributed by atoms with Gasteiger partial charge in [0.05, 0.1) is 29.9 Å². The van der Waals surface area contributed by atoms with Crippen molar-refractivity contribution in [3.8, 4) is 0 Å². The number of piperazine rings is 1. The Morgan fingerprint density at radius 1 is 0.896 bits per heavy atom. The summed E-state index contributed by atoms with van der Waals surface area (Å²) in [5.41, 5.74) is 9.01. The maximum atomic E-state index is 13.5. The number of aromatic nitrogens is 2. The molecular weight excluding hydrogens is 857 g/mol. The van der Waals surface area contributed by atoms with Crippen molar-refractivity contribution in [1.29, 1.82) is 0 Å². The average Bonchev–Trinajstić information content (AvgIpc) is 3.79. The first-order valence-corrected chi connectivity index (χ1v) is 23.6. The second kappa shape index (κ2) is 19.0. The molecule has 0 spiro atoms. The number of urea groups is 1. The number of carbonyl (C=O) groups is 7. The third-order valence-electron chi connectivity index (χ3n) is 14.8. The Hall–Kier alpha value is -6.47. The number of primary amides is 1. The molecule has 19 nitrogen and oxygen atoms in total. The van der Waals surface area contributed by atoms with Crippen molar-refractivity contribution in [2.24, 2.45) is 5.73 Å². The molecule has 7 heterocycles. The lowest BCUT2D eigenvalue weighted by molar-refractivity contribution is -0.136. The van der Waals surface area contributed by atoms with Crippen molar-refractivity contribution < 1.29 is 35.0 Å². The van der Waals surface area contributed by atoms with Crippen molar-refractivity contribution in [2.45, 2.75) is 75.8 Å². The fourth-order valence-corrected chi connectivity index (χ4v) is 10.6. The standard InChI is InChI=1S/C48H60N12O7.H2/c1-48(32-10-12-33(13-11-32)51-43-41(42(49)63)50-28-37(52-43)58-19-5-8-34(29-58)59-27-22-54(2)47(59)67)16-20-57(21-17-48)39(62)30-56-25-23-55(24-26-56)18-4-7-31-6-3-9-35-40(31)46(66)60(45(35)65)36-14-15-38(61)53-44(36)64;/h3,6,9-13,28,34,36H,4-5,7-8,14-27,29-30H2,1-2H3,(H2,49,63)(H,51,52)(H,53,61,64);1H/t34-,36?;/m1./s1. The molecule has 1 aromatic heterocycles. The summed E-state index contributed by atoms with van der Waals surface area (Å²) in [6, 6.07) is 12.5. The second-order valence-corrected chi connectivity index (χ2v) is 19.1. The number of likely N-dealkylation sites (N-methyl/N-ethyl adjacent to an activating group) is 1. The zero-order valence-corrected chi connectivity index (χ0v) is 38.4. The Morgan fingerprint density at radius 3 is 2.34 bits per heavy atom. The number of aryl methyl sites for hydroxylation is 1. The molecule has 67 heavy (non-hydrogen) atoms. The molecule has 356 valence electrons. The first kappa shape index (κ1) is 45.7. The van der Waals surface area contributed by atoms with Gasteiger partial charge >= 0.3 is 6.03 Å². The number of nitrogens with one attached hydrogen (secondary N) is 2. The van der Waals surface area contributed by atoms with Crippen LogP contribution < -0.4 is 21.3 Å². The van der Waals surface area contributed by atoms with Crippen molar-refractivity contribution >= 4 is 58.8 Å². The van der Waals surface area contributed by atoms with Gasteiger partial charge in [-0.2, -0.15) is 0 Å². The van der Waals surface area contributed by atoms with Crippen LogP contribution in [0.25, 0.3) is 0 Å². The van der Waals surface area contributed by atoms with E-state index in [2.05, 4.69) is 49.4 Å². The van der Waals surface area contributed by atoms with E-state index in [-0.39, 0.29) is 49.2 Å². The first-order chi connectivity index (χ1) is 32.3. The van der Waals surface area contributed by atoms with Gasteiger partial charge in [-0.1, -0.05) is 31.2 Å². The number of benzene rings is 2. The summed E-state index contributed by atoms with van der Waals surface area (Å²) in [6.45, 7) is 10.8. The lowest BCUT2D eigenvalue weighted by Crippen LogP contribution is -2.54. The topological polar surface area (TPSA) is 218 Å². The van der Waals surface area contributed by atoms with E-state index in [9.17, 15) is 33.6 Å². The molecule has 0 saturated carbocycles. The number of piperidine rings is 3. The second-order valence-electron chi connectivity index (χ2n) is 19.1. The van der Waals surface area contributed by atoms with Crippen LogP contribution in [-0.4, -0.2) is 179 Å². The smallest absolute Gasteiger partial charge is 0.320 e. The number of carbonyl (C=O) groups excluding carboxylic acids is 7. The molecule has 3 aromatic rings. The number of nitrogens with two attached hydrogens (primary N) is 1. The van der Waals surface area contributed by atoms with Gasteiger partial charge in [0.15, 0.2) is 11.5 Å². The first-order valence-electron chi connectivity index (χ1n) is 23.6. The van der Waals surface area contributed by atoms with Crippen molar-refractivity contribution in [3.63, 3.8) is 0 Å². The van der Waals surface area contributed by atoms with Crippen LogP contribution in [0.5, 0.6) is 0 Å². The van der Waals surface area contributed by atoms with E-state index in [0.29, 0.717) is 62.6 Å². The summed E-state index contributed by atoms with van der Waals surface area (Å²) in [7, 11) is 1.83. The third-order valence-corrected chi connectivity index (χ3v) is 14.8. The molecule has 19 heteroatoms. The number of hydrogen-bond acceptors (Lipinski definition) is 13. The third kappa shape index (κ3) is 9.43. The molecule has 2 atom stereocenters. The normalized spacial score (nSPS) is 22.7. The van der Waals surface area contributed by atoms with Crippen LogP contribution in [0.4, 0.5) is 22.1 Å². The fraction of sp³-hybridized carbons (Fsp3) is 0.521. The van der Waals surface area contributed by atoms with E-state index < -0.39 is 35.6 Å². The molecule has 2 aromatic carbocycles. The van der Waals surface area contributed by atoms with Gasteiger partial charge in [0.2, 0.25) is 17.7 Å². The Kier molecular flexibility index (Phi) is 13.0. The summed E-state index contributed by atoms with van der Waals surface area (Å²) in [6.07, 6.45) is 6.64. The number of amides is 8. The summed E-state index contributed by atoms with van der Waals surface area (Å²) < 4.78 is 0. The highest BCUT2D eigenvalue weighted by Gasteiger charge is 2.45. The van der Waals surface area contributed by atoms with Crippen LogP contribution >= 0.6 is 0 Å². The fourth-order valence-electron chi connectivity index (χ4n) is 10.6. The number of likely N-dealkylation sites (tertiary alicyclic amines) is 1. The van der Waals surface area contributed by atoms with Crippen LogP contribution in [0.3, 0.4) is 0 Å². The van der Waals surface area contributed by atoms with E-state index in [1.807, 2.05) is 35.0 Å². The zero-order chi connectivity index (χ0) is 47.0. The van der Waals surface area contributed by atoms with E-state index in [4.69, 9.17) is 10.7 Å². The molecule has 0 aliphatic carbocycles. The number of imide groups is 2. The minimum Gasteiger partial charge on any atom is -0.364 e. The van der Waals surface area contributed by atoms with E-state index in [1.165, 1.54) is 5.56 Å². The lowest BCUT2D eigenvalue weighted by Gasteiger charge is -2.41. The van der Waals surface area contributed by atoms with Gasteiger partial charge in [0.25, 0.3) is 17.7 Å². The Balaban J connectivity index is 0.00000625. The Bertz CT molecular complexity index is 2460. The molecule has 9 rings (SSSR count). The van der Waals surface area contributed by atoms with Crippen LogP contribution in [-0.2, 0) is 26.2 Å². The van der Waals surface area contributed by atoms with Gasteiger partial charge in [-0.25, -0.2) is 14.8 Å². The summed E-state index contributed by atoms with van der Waals surface area (Å²) in [5.74, 6) is -1.63. The molecule has 1 unspecified atom stereocenters. The molecule has 8 amide bonds.